The number of piperazine rings is 1. The summed E-state index contributed by atoms with van der Waals surface area (Å²) in [7, 11) is 0. The average Bonchev–Trinajstić information content (AvgIpc) is 2.63. The van der Waals surface area contributed by atoms with Gasteiger partial charge in [-0.1, -0.05) is 6.42 Å². The predicted octanol–water partition coefficient (Wildman–Crippen LogP) is 3.91. The number of hydrogen-bond acceptors (Lipinski definition) is 4. The van der Waals surface area contributed by atoms with Crippen molar-refractivity contribution in [2.24, 2.45) is 0 Å². The first-order valence-electron chi connectivity index (χ1n) is 10.9. The van der Waals surface area contributed by atoms with Gasteiger partial charge in [-0.15, -0.1) is 0 Å². The summed E-state index contributed by atoms with van der Waals surface area (Å²) in [5, 5.41) is 0. The maximum absolute atomic E-state index is 5.59. The van der Waals surface area contributed by atoms with Gasteiger partial charge in [0.15, 0.2) is 0 Å². The zero-order chi connectivity index (χ0) is 19.6. The normalized spacial score (nSPS) is 20.3. The van der Waals surface area contributed by atoms with Crippen molar-refractivity contribution < 1.29 is 23.3 Å². The van der Waals surface area contributed by atoms with Gasteiger partial charge in [0, 0.05) is 57.3 Å². The first-order valence-corrected chi connectivity index (χ1v) is 10.9. The van der Waals surface area contributed by atoms with Crippen LogP contribution in [0.4, 0.5) is 0 Å². The predicted molar refractivity (Wildman–Crippen MR) is 114 cm³/mol. The van der Waals surface area contributed by atoms with Crippen LogP contribution in [0.25, 0.3) is 0 Å². The minimum atomic E-state index is 0. The molecular weight excluding hydrogens is 373 g/mol. The third-order valence-corrected chi connectivity index (χ3v) is 5.82. The molecule has 2 rings (SSSR count). The maximum atomic E-state index is 5.59. The van der Waals surface area contributed by atoms with E-state index < -0.39 is 0 Å². The minimum Gasteiger partial charge on any atom is -0.377 e. The molecule has 0 spiro atoms. The van der Waals surface area contributed by atoms with Crippen molar-refractivity contribution in [1.82, 2.24) is 14.7 Å². The molecule has 2 fully saturated rings. The topological polar surface area (TPSA) is 19.0 Å². The number of piperidine rings is 1. The fraction of sp³-hybridized carbons (Fsp3) is 0.955. The van der Waals surface area contributed by atoms with Crippen molar-refractivity contribution in [2.75, 3.05) is 52.4 Å². The van der Waals surface area contributed by atoms with Crippen LogP contribution in [0.1, 0.15) is 67.2 Å². The molecule has 0 bridgehead atoms. The molecule has 1 radical (unpaired) electrons. The summed E-state index contributed by atoms with van der Waals surface area (Å²) in [4.78, 5) is 7.61. The first-order chi connectivity index (χ1) is 12.3. The van der Waals surface area contributed by atoms with E-state index in [2.05, 4.69) is 63.2 Å². The Labute approximate surface area is 182 Å². The molecule has 0 amide bonds. The van der Waals surface area contributed by atoms with Gasteiger partial charge in [0.1, 0.15) is 0 Å². The Balaban J connectivity index is 0.000000572. The van der Waals surface area contributed by atoms with Gasteiger partial charge in [-0.25, -0.2) is 0 Å². The number of hydrogen-bond donors (Lipinski definition) is 0. The van der Waals surface area contributed by atoms with Crippen LogP contribution in [0.15, 0.2) is 0 Å². The molecule has 2 saturated heterocycles. The van der Waals surface area contributed by atoms with Crippen LogP contribution >= 0.6 is 0 Å². The fourth-order valence-corrected chi connectivity index (χ4v) is 3.59. The van der Waals surface area contributed by atoms with Crippen molar-refractivity contribution in [2.45, 2.75) is 84.9 Å². The van der Waals surface area contributed by atoms with Gasteiger partial charge in [-0.2, -0.15) is 6.42 Å². The zero-order valence-electron chi connectivity index (χ0n) is 19.0. The molecule has 2 aliphatic rings. The fourth-order valence-electron chi connectivity index (χ4n) is 3.59. The van der Waals surface area contributed by atoms with Crippen molar-refractivity contribution in [1.29, 1.82) is 0 Å². The molecule has 27 heavy (non-hydrogen) atoms. The van der Waals surface area contributed by atoms with Crippen LogP contribution in [-0.2, 0) is 23.3 Å². The van der Waals surface area contributed by atoms with Crippen LogP contribution in [0, 0.1) is 6.92 Å². The summed E-state index contributed by atoms with van der Waals surface area (Å²) in [6.45, 7) is 26.6. The molecule has 2 aliphatic heterocycles. The Morgan fingerprint density at radius 2 is 1.44 bits per heavy atom. The van der Waals surface area contributed by atoms with E-state index in [4.69, 9.17) is 4.74 Å². The smallest absolute Gasteiger partial charge is 0.0596 e. The third-order valence-electron chi connectivity index (χ3n) is 5.82. The third kappa shape index (κ3) is 11.3. The van der Waals surface area contributed by atoms with E-state index in [1.807, 2.05) is 0 Å². The van der Waals surface area contributed by atoms with E-state index in [-0.39, 0.29) is 24.1 Å². The van der Waals surface area contributed by atoms with Crippen LogP contribution < -0.4 is 0 Å². The van der Waals surface area contributed by atoms with Crippen LogP contribution in [-0.4, -0.2) is 84.8 Å². The molecule has 2 heterocycles. The Bertz CT molecular complexity index is 349. The molecule has 0 aromatic heterocycles. The Morgan fingerprint density at radius 3 is 1.85 bits per heavy atom. The van der Waals surface area contributed by atoms with Gasteiger partial charge >= 0.3 is 0 Å². The summed E-state index contributed by atoms with van der Waals surface area (Å²) in [5.74, 6) is 0. The molecule has 0 saturated carbocycles. The summed E-state index contributed by atoms with van der Waals surface area (Å²) in [6, 6.07) is 0.769. The van der Waals surface area contributed by atoms with Gasteiger partial charge in [0.05, 0.1) is 12.7 Å². The largest absolute Gasteiger partial charge is 0.377 e. The summed E-state index contributed by atoms with van der Waals surface area (Å²) in [6.07, 6.45) is 5.60. The van der Waals surface area contributed by atoms with Gasteiger partial charge in [0.2, 0.25) is 0 Å². The molecule has 0 unspecified atom stereocenters. The monoisotopic (exact) mass is 419 g/mol. The second-order valence-electron chi connectivity index (χ2n) is 9.00. The molecule has 0 aromatic carbocycles. The van der Waals surface area contributed by atoms with E-state index >= 15 is 0 Å². The summed E-state index contributed by atoms with van der Waals surface area (Å²) in [5.41, 5.74) is 0.251. The average molecular weight is 420 g/mol. The van der Waals surface area contributed by atoms with E-state index in [9.17, 15) is 0 Å². The Hall–Kier alpha value is 0.424. The van der Waals surface area contributed by atoms with E-state index in [1.54, 1.807) is 0 Å². The summed E-state index contributed by atoms with van der Waals surface area (Å²) < 4.78 is 5.59. The number of ether oxygens (including phenoxy) is 1. The van der Waals surface area contributed by atoms with Gasteiger partial charge in [-0.05, 0) is 73.0 Å². The van der Waals surface area contributed by atoms with Crippen molar-refractivity contribution in [3.63, 3.8) is 0 Å². The number of nitrogens with zero attached hydrogens (tertiary/aromatic N) is 3. The molecular formula is C22H46N3OV-. The summed E-state index contributed by atoms with van der Waals surface area (Å²) >= 11 is 0. The van der Waals surface area contributed by atoms with Crippen LogP contribution in [0.3, 0.4) is 0 Å². The Kier molecular flexibility index (Phi) is 14.6. The zero-order valence-corrected chi connectivity index (χ0v) is 20.4. The van der Waals surface area contributed by atoms with Crippen molar-refractivity contribution in [3.05, 3.63) is 6.92 Å². The molecule has 5 heteroatoms. The second-order valence-corrected chi connectivity index (χ2v) is 9.00. The quantitative estimate of drug-likeness (QED) is 0.583. The standard InChI is InChI=1S/C14H29N2O.C8H17N.V/c1-6-14(4,5)16-9-7-15(8-10-16)11-12-17-13(2)3;1-8(2)9-6-4-3-5-7-9;/h13H,1,6-12H2,2-5H3;8H,3-7H2,1-2H3;/q-1;;. The Morgan fingerprint density at radius 1 is 0.889 bits per heavy atom. The second kappa shape index (κ2) is 14.4. The minimum absolute atomic E-state index is 0. The van der Waals surface area contributed by atoms with Crippen molar-refractivity contribution >= 4 is 0 Å². The van der Waals surface area contributed by atoms with E-state index in [0.717, 1.165) is 51.8 Å². The van der Waals surface area contributed by atoms with Gasteiger partial charge < -0.3 is 16.6 Å². The van der Waals surface area contributed by atoms with E-state index in [1.165, 1.54) is 32.4 Å². The molecule has 0 aliphatic carbocycles. The molecule has 4 nitrogen and oxygen atoms in total. The molecule has 0 aromatic rings. The number of rotatable bonds is 7. The number of likely N-dealkylation sites (tertiary alicyclic amines) is 1. The van der Waals surface area contributed by atoms with E-state index in [0.29, 0.717) is 6.10 Å². The first kappa shape index (κ1) is 27.4. The van der Waals surface area contributed by atoms with Gasteiger partial charge in [0.25, 0.3) is 0 Å². The molecule has 161 valence electrons. The molecule has 0 N–H and O–H groups in total. The molecule has 0 atom stereocenters. The SMILES string of the molecule is CC(C)N1CCCCC1.[CH2-]CC(C)(C)N1CCN(CCOC(C)C)CC1.[V]. The van der Waals surface area contributed by atoms with Crippen molar-refractivity contribution in [3.8, 4) is 0 Å². The maximum Gasteiger partial charge on any atom is 0.0596 e. The van der Waals surface area contributed by atoms with Crippen LogP contribution in [0.2, 0.25) is 0 Å². The van der Waals surface area contributed by atoms with Crippen LogP contribution in [0.5, 0.6) is 0 Å². The van der Waals surface area contributed by atoms with Gasteiger partial charge in [-0.3, -0.25) is 9.80 Å².